The summed E-state index contributed by atoms with van der Waals surface area (Å²) in [5, 5.41) is 0. The minimum absolute atomic E-state index is 0.0894. The molecule has 0 bridgehead atoms. The fraction of sp³-hybridized carbons (Fsp3) is 0.500. The van der Waals surface area contributed by atoms with E-state index in [1.54, 1.807) is 0 Å². The van der Waals surface area contributed by atoms with Crippen molar-refractivity contribution in [3.05, 3.63) is 65.2 Å². The first-order valence-corrected chi connectivity index (χ1v) is 11.1. The minimum Gasteiger partial charge on any atom is -0.492 e. The summed E-state index contributed by atoms with van der Waals surface area (Å²) in [7, 11) is 0. The second kappa shape index (κ2) is 10.1. The van der Waals surface area contributed by atoms with Gasteiger partial charge in [0.05, 0.1) is 12.0 Å². The average Bonchev–Trinajstić information content (AvgIpc) is 2.75. The maximum Gasteiger partial charge on any atom is 0.316 e. The molecule has 0 amide bonds. The van der Waals surface area contributed by atoms with E-state index in [0.29, 0.717) is 19.1 Å². The van der Waals surface area contributed by atoms with Gasteiger partial charge in [-0.15, -0.1) is 0 Å². The molecular formula is C26H35NO3. The van der Waals surface area contributed by atoms with Gasteiger partial charge >= 0.3 is 5.97 Å². The summed E-state index contributed by atoms with van der Waals surface area (Å²) in [5.74, 6) is 1.34. The topological polar surface area (TPSA) is 38.8 Å². The summed E-state index contributed by atoms with van der Waals surface area (Å²) in [6.45, 7) is 12.0. The molecule has 2 aromatic rings. The Labute approximate surface area is 181 Å². The normalized spacial score (nSPS) is 16.4. The summed E-state index contributed by atoms with van der Waals surface area (Å²) < 4.78 is 11.6. The van der Waals surface area contributed by atoms with Crippen molar-refractivity contribution in [2.75, 3.05) is 32.8 Å². The molecule has 0 atom stereocenters. The lowest BCUT2D eigenvalue weighted by Crippen LogP contribution is -2.48. The van der Waals surface area contributed by atoms with E-state index in [-0.39, 0.29) is 5.97 Å². The van der Waals surface area contributed by atoms with Crippen LogP contribution in [0.4, 0.5) is 0 Å². The van der Waals surface area contributed by atoms with E-state index in [1.807, 2.05) is 25.1 Å². The molecule has 0 saturated carbocycles. The Kier molecular flexibility index (Phi) is 7.54. The quantitative estimate of drug-likeness (QED) is 0.569. The highest BCUT2D eigenvalue weighted by Crippen LogP contribution is 2.37. The zero-order valence-corrected chi connectivity index (χ0v) is 18.8. The predicted molar refractivity (Wildman–Crippen MR) is 121 cm³/mol. The molecule has 1 saturated heterocycles. The number of nitrogens with zero attached hydrogens (tertiary/aromatic N) is 1. The van der Waals surface area contributed by atoms with Gasteiger partial charge in [-0.3, -0.25) is 9.69 Å². The Balaban J connectivity index is 1.61. The first-order valence-electron chi connectivity index (χ1n) is 11.1. The van der Waals surface area contributed by atoms with Crippen molar-refractivity contribution in [3.8, 4) is 5.75 Å². The van der Waals surface area contributed by atoms with Crippen LogP contribution >= 0.6 is 0 Å². The zero-order chi connectivity index (χ0) is 21.6. The molecule has 162 valence electrons. The molecule has 1 heterocycles. The van der Waals surface area contributed by atoms with Gasteiger partial charge in [0, 0.05) is 6.54 Å². The number of rotatable bonds is 8. The number of hydrogen-bond donors (Lipinski definition) is 0. The number of benzene rings is 2. The van der Waals surface area contributed by atoms with Crippen molar-refractivity contribution in [2.45, 2.75) is 51.9 Å². The van der Waals surface area contributed by atoms with Crippen molar-refractivity contribution < 1.29 is 14.3 Å². The summed E-state index contributed by atoms with van der Waals surface area (Å²) >= 11 is 0. The largest absolute Gasteiger partial charge is 0.492 e. The highest BCUT2D eigenvalue weighted by atomic mass is 16.5. The smallest absolute Gasteiger partial charge is 0.316 e. The Morgan fingerprint density at radius 3 is 2.43 bits per heavy atom. The van der Waals surface area contributed by atoms with E-state index in [4.69, 9.17) is 9.47 Å². The van der Waals surface area contributed by atoms with E-state index < -0.39 is 5.41 Å². The van der Waals surface area contributed by atoms with Crippen molar-refractivity contribution in [1.82, 2.24) is 4.90 Å². The molecule has 0 aliphatic carbocycles. The van der Waals surface area contributed by atoms with Crippen LogP contribution in [0.1, 0.15) is 56.2 Å². The molecule has 0 aromatic heterocycles. The van der Waals surface area contributed by atoms with Gasteiger partial charge in [0.1, 0.15) is 12.4 Å². The highest BCUT2D eigenvalue weighted by Gasteiger charge is 2.44. The summed E-state index contributed by atoms with van der Waals surface area (Å²) in [4.78, 5) is 15.3. The van der Waals surface area contributed by atoms with Crippen LogP contribution in [0.2, 0.25) is 0 Å². The fourth-order valence-electron chi connectivity index (χ4n) is 4.32. The van der Waals surface area contributed by atoms with Crippen LogP contribution in [-0.4, -0.2) is 43.7 Å². The molecule has 0 N–H and O–H groups in total. The van der Waals surface area contributed by atoms with Crippen LogP contribution in [0.3, 0.4) is 0 Å². The molecule has 1 aliphatic heterocycles. The van der Waals surface area contributed by atoms with Crippen LogP contribution < -0.4 is 4.74 Å². The van der Waals surface area contributed by atoms with Gasteiger partial charge in [0.15, 0.2) is 0 Å². The van der Waals surface area contributed by atoms with Gasteiger partial charge in [-0.25, -0.2) is 0 Å². The first kappa shape index (κ1) is 22.4. The third kappa shape index (κ3) is 5.04. The second-order valence-electron chi connectivity index (χ2n) is 8.55. The summed E-state index contributed by atoms with van der Waals surface area (Å²) in [5.41, 5.74) is 3.01. The highest BCUT2D eigenvalue weighted by molar-refractivity contribution is 5.83. The number of carbonyl (C=O) groups excluding carboxylic acids is 1. The first-order chi connectivity index (χ1) is 14.5. The lowest BCUT2D eigenvalue weighted by Gasteiger charge is -2.40. The lowest BCUT2D eigenvalue weighted by atomic mass is 9.72. The van der Waals surface area contributed by atoms with Crippen LogP contribution in [0, 0.1) is 6.92 Å². The molecule has 4 nitrogen and oxygen atoms in total. The SMILES string of the molecule is CCOC(=O)C1(c2ccccc2)CCN(CCOc2cc(C)ccc2C(C)C)CC1. The van der Waals surface area contributed by atoms with Gasteiger partial charge in [-0.2, -0.15) is 0 Å². The van der Waals surface area contributed by atoms with E-state index in [2.05, 4.69) is 56.0 Å². The van der Waals surface area contributed by atoms with Gasteiger partial charge in [0.25, 0.3) is 0 Å². The lowest BCUT2D eigenvalue weighted by molar-refractivity contribution is -0.152. The molecule has 1 aliphatic rings. The number of hydrogen-bond acceptors (Lipinski definition) is 4. The Morgan fingerprint density at radius 2 is 1.80 bits per heavy atom. The molecule has 0 spiro atoms. The number of aryl methyl sites for hydroxylation is 1. The molecule has 4 heteroatoms. The number of ether oxygens (including phenoxy) is 2. The number of likely N-dealkylation sites (tertiary alicyclic amines) is 1. The molecule has 2 aromatic carbocycles. The molecule has 30 heavy (non-hydrogen) atoms. The van der Waals surface area contributed by atoms with Gasteiger partial charge in [0.2, 0.25) is 0 Å². The number of carbonyl (C=O) groups is 1. The van der Waals surface area contributed by atoms with Crippen LogP contribution in [0.15, 0.2) is 48.5 Å². The molecule has 3 rings (SSSR count). The molecule has 1 fully saturated rings. The Morgan fingerprint density at radius 1 is 1.10 bits per heavy atom. The average molecular weight is 410 g/mol. The summed E-state index contributed by atoms with van der Waals surface area (Å²) in [6.07, 6.45) is 1.55. The van der Waals surface area contributed by atoms with Gasteiger partial charge in [-0.05, 0) is 68.5 Å². The Bertz CT molecular complexity index is 823. The standard InChI is InChI=1S/C26H35NO3/c1-5-29-25(28)26(22-9-7-6-8-10-22)13-15-27(16-14-26)17-18-30-24-19-21(4)11-12-23(24)20(2)3/h6-12,19-20H,5,13-18H2,1-4H3. The van der Waals surface area contributed by atoms with Crippen LogP contribution in [0.5, 0.6) is 5.75 Å². The third-order valence-corrected chi connectivity index (χ3v) is 6.16. The monoisotopic (exact) mass is 409 g/mol. The van der Waals surface area contributed by atoms with E-state index >= 15 is 0 Å². The van der Waals surface area contributed by atoms with E-state index in [1.165, 1.54) is 11.1 Å². The third-order valence-electron chi connectivity index (χ3n) is 6.16. The van der Waals surface area contributed by atoms with Crippen molar-refractivity contribution in [1.29, 1.82) is 0 Å². The summed E-state index contributed by atoms with van der Waals surface area (Å²) in [6, 6.07) is 16.6. The second-order valence-corrected chi connectivity index (χ2v) is 8.55. The van der Waals surface area contributed by atoms with Crippen LogP contribution in [-0.2, 0) is 14.9 Å². The minimum atomic E-state index is -0.532. The molecular weight excluding hydrogens is 374 g/mol. The maximum atomic E-state index is 12.9. The van der Waals surface area contributed by atoms with Gasteiger partial charge in [-0.1, -0.05) is 56.3 Å². The number of esters is 1. The van der Waals surface area contributed by atoms with Crippen molar-refractivity contribution in [2.24, 2.45) is 0 Å². The van der Waals surface area contributed by atoms with Gasteiger partial charge < -0.3 is 9.47 Å². The molecule has 0 radical (unpaired) electrons. The fourth-order valence-corrected chi connectivity index (χ4v) is 4.32. The zero-order valence-electron chi connectivity index (χ0n) is 18.8. The number of piperidine rings is 1. The maximum absolute atomic E-state index is 12.9. The Hall–Kier alpha value is -2.33. The van der Waals surface area contributed by atoms with Crippen molar-refractivity contribution in [3.63, 3.8) is 0 Å². The van der Waals surface area contributed by atoms with E-state index in [9.17, 15) is 4.79 Å². The predicted octanol–water partition coefficient (Wildman–Crippen LogP) is 5.09. The molecule has 0 unspecified atom stereocenters. The van der Waals surface area contributed by atoms with E-state index in [0.717, 1.165) is 43.8 Å². The van der Waals surface area contributed by atoms with Crippen molar-refractivity contribution >= 4 is 5.97 Å². The van der Waals surface area contributed by atoms with Crippen LogP contribution in [0.25, 0.3) is 0 Å².